The Morgan fingerprint density at radius 3 is 1.49 bits per heavy atom. The van der Waals surface area contributed by atoms with Gasteiger partial charge in [0.2, 0.25) is 0 Å². The Balaban J connectivity index is 1.07. The number of hydrogen-bond donors (Lipinski definition) is 0. The average Bonchev–Trinajstić information content (AvgIpc) is 3.87. The number of rotatable bonds is 7. The molecule has 7 aromatic carbocycles. The quantitative estimate of drug-likeness (QED) is 0.161. The Morgan fingerprint density at radius 2 is 0.905 bits per heavy atom. The van der Waals surface area contributed by atoms with E-state index in [4.69, 9.17) is 19.9 Å². The monoisotopic (exact) mass is 808 g/mol. The summed E-state index contributed by atoms with van der Waals surface area (Å²) in [6, 6.07) is 66.0. The lowest BCUT2D eigenvalue weighted by Gasteiger charge is -2.26. The maximum atomic E-state index is 5.42. The molecule has 0 radical (unpaired) electrons. The lowest BCUT2D eigenvalue weighted by Crippen LogP contribution is -2.14. The molecule has 4 heterocycles. The van der Waals surface area contributed by atoms with Crippen LogP contribution in [0.3, 0.4) is 0 Å². The first-order chi connectivity index (χ1) is 31.2. The van der Waals surface area contributed by atoms with E-state index < -0.39 is 0 Å². The average molecular weight is 809 g/mol. The SMILES string of the molecule is CC1C=CC(c2ccccc2)=CC1c1cc(-c2nc(-c3ccccc3)nc(-c3cccc(-n4c5ccccc5c5ccccc54)c3)n2)cnc1-n1c2ccccc2c2ccccc21. The highest BCUT2D eigenvalue weighted by Gasteiger charge is 2.27. The summed E-state index contributed by atoms with van der Waals surface area (Å²) in [5, 5.41) is 4.82. The van der Waals surface area contributed by atoms with Crippen LogP contribution in [0, 0.1) is 5.92 Å². The maximum absolute atomic E-state index is 5.42. The van der Waals surface area contributed by atoms with Crippen LogP contribution in [0.25, 0.3) is 94.9 Å². The van der Waals surface area contributed by atoms with Crippen molar-refractivity contribution in [3.05, 3.63) is 224 Å². The molecule has 0 saturated heterocycles. The van der Waals surface area contributed by atoms with E-state index in [0.717, 1.165) is 55.8 Å². The van der Waals surface area contributed by atoms with Crippen LogP contribution >= 0.6 is 0 Å². The minimum Gasteiger partial charge on any atom is -0.309 e. The predicted molar refractivity (Wildman–Crippen MR) is 258 cm³/mol. The Kier molecular flexibility index (Phi) is 8.75. The normalized spacial score (nSPS) is 15.1. The van der Waals surface area contributed by atoms with E-state index >= 15 is 0 Å². The standard InChI is InChI=1S/C57H40N6/c1-37-31-32-40(38-17-4-2-5-18-38)34-48(37)49-35-42(36-58-57(49)63-52-29-14-10-25-46(52)47-26-11-15-30-53(47)63)56-60-54(39-19-6-3-7-20-39)59-55(61-56)41-21-16-22-43(33-41)62-50-27-12-8-23-44(50)45-24-9-13-28-51(45)62/h2-37,48H,1H3. The van der Waals surface area contributed by atoms with E-state index in [1.807, 2.05) is 24.4 Å². The van der Waals surface area contributed by atoms with Gasteiger partial charge in [0.15, 0.2) is 17.5 Å². The molecule has 0 saturated carbocycles. The summed E-state index contributed by atoms with van der Waals surface area (Å²) in [6.07, 6.45) is 8.93. The molecule has 0 fully saturated rings. The summed E-state index contributed by atoms with van der Waals surface area (Å²) in [7, 11) is 0. The first-order valence-corrected chi connectivity index (χ1v) is 21.5. The Labute approximate surface area is 364 Å². The molecule has 0 aliphatic heterocycles. The molecular weight excluding hydrogens is 769 g/mol. The minimum absolute atomic E-state index is 0.00498. The topological polar surface area (TPSA) is 61.4 Å². The minimum atomic E-state index is 0.00498. The van der Waals surface area contributed by atoms with Crippen molar-refractivity contribution in [2.45, 2.75) is 12.8 Å². The molecule has 12 rings (SSSR count). The number of aromatic nitrogens is 6. The predicted octanol–water partition coefficient (Wildman–Crippen LogP) is 13.8. The number of pyridine rings is 1. The van der Waals surface area contributed by atoms with Crippen molar-refractivity contribution in [3.63, 3.8) is 0 Å². The first-order valence-electron chi connectivity index (χ1n) is 21.5. The third-order valence-corrected chi connectivity index (χ3v) is 12.5. The van der Waals surface area contributed by atoms with Gasteiger partial charge in [-0.2, -0.15) is 0 Å². The van der Waals surface area contributed by atoms with Crippen molar-refractivity contribution in [1.82, 2.24) is 29.1 Å². The summed E-state index contributed by atoms with van der Waals surface area (Å²) < 4.78 is 4.66. The fourth-order valence-electron chi connectivity index (χ4n) is 9.49. The second-order valence-corrected chi connectivity index (χ2v) is 16.3. The van der Waals surface area contributed by atoms with Crippen LogP contribution in [0.2, 0.25) is 0 Å². The van der Waals surface area contributed by atoms with Crippen LogP contribution in [0.15, 0.2) is 212 Å². The highest BCUT2D eigenvalue weighted by atomic mass is 15.1. The number of para-hydroxylation sites is 4. The van der Waals surface area contributed by atoms with Gasteiger partial charge in [0, 0.05) is 61.6 Å². The van der Waals surface area contributed by atoms with Gasteiger partial charge >= 0.3 is 0 Å². The van der Waals surface area contributed by atoms with Crippen molar-refractivity contribution >= 4 is 49.2 Å². The molecular formula is C57H40N6. The molecule has 6 heteroatoms. The number of fused-ring (bicyclic) bond motifs is 6. The number of benzene rings is 7. The Bertz CT molecular complexity index is 3490. The van der Waals surface area contributed by atoms with Gasteiger partial charge in [-0.05, 0) is 59.5 Å². The maximum Gasteiger partial charge on any atom is 0.165 e. The molecule has 0 amide bonds. The highest BCUT2D eigenvalue weighted by Crippen LogP contribution is 2.42. The fraction of sp³-hybridized carbons (Fsp3) is 0.0526. The summed E-state index contributed by atoms with van der Waals surface area (Å²) in [5.74, 6) is 2.85. The second-order valence-electron chi connectivity index (χ2n) is 16.3. The molecule has 2 atom stereocenters. The number of nitrogens with zero attached hydrogens (tertiary/aromatic N) is 6. The van der Waals surface area contributed by atoms with E-state index in [0.29, 0.717) is 17.5 Å². The Morgan fingerprint density at radius 1 is 0.429 bits per heavy atom. The Hall–Kier alpha value is -8.22. The van der Waals surface area contributed by atoms with Gasteiger partial charge in [-0.15, -0.1) is 0 Å². The molecule has 0 spiro atoms. The first kappa shape index (κ1) is 36.6. The summed E-state index contributed by atoms with van der Waals surface area (Å²) >= 11 is 0. The molecule has 63 heavy (non-hydrogen) atoms. The molecule has 0 bridgehead atoms. The smallest absolute Gasteiger partial charge is 0.165 e. The van der Waals surface area contributed by atoms with Crippen molar-refractivity contribution in [2.75, 3.05) is 0 Å². The van der Waals surface area contributed by atoms with E-state index in [1.165, 1.54) is 32.7 Å². The zero-order valence-corrected chi connectivity index (χ0v) is 34.5. The lowest BCUT2D eigenvalue weighted by atomic mass is 9.80. The number of allylic oxidation sites excluding steroid dienone is 4. The van der Waals surface area contributed by atoms with Gasteiger partial charge in [-0.3, -0.25) is 4.57 Å². The molecule has 0 N–H and O–H groups in total. The summed E-state index contributed by atoms with van der Waals surface area (Å²) in [6.45, 7) is 2.29. The number of hydrogen-bond acceptors (Lipinski definition) is 4. The van der Waals surface area contributed by atoms with Crippen molar-refractivity contribution in [3.8, 4) is 45.7 Å². The van der Waals surface area contributed by atoms with Crippen molar-refractivity contribution in [2.24, 2.45) is 5.92 Å². The lowest BCUT2D eigenvalue weighted by molar-refractivity contribution is 0.632. The van der Waals surface area contributed by atoms with E-state index in [-0.39, 0.29) is 11.8 Å². The molecule has 11 aromatic rings. The largest absolute Gasteiger partial charge is 0.309 e. The molecule has 1 aliphatic carbocycles. The highest BCUT2D eigenvalue weighted by molar-refractivity contribution is 6.10. The molecule has 1 aliphatic rings. The second kappa shape index (κ2) is 15.0. The molecule has 6 nitrogen and oxygen atoms in total. The van der Waals surface area contributed by atoms with Gasteiger partial charge < -0.3 is 4.57 Å². The molecule has 2 unspecified atom stereocenters. The van der Waals surface area contributed by atoms with Gasteiger partial charge in [0.05, 0.1) is 22.1 Å². The van der Waals surface area contributed by atoms with E-state index in [2.05, 4.69) is 204 Å². The van der Waals surface area contributed by atoms with Gasteiger partial charge in [0.1, 0.15) is 5.82 Å². The van der Waals surface area contributed by atoms with Crippen molar-refractivity contribution in [1.29, 1.82) is 0 Å². The van der Waals surface area contributed by atoms with Crippen molar-refractivity contribution < 1.29 is 0 Å². The van der Waals surface area contributed by atoms with Gasteiger partial charge in [-0.1, -0.05) is 171 Å². The molecule has 4 aromatic heterocycles. The van der Waals surface area contributed by atoms with Crippen LogP contribution < -0.4 is 0 Å². The molecule has 298 valence electrons. The van der Waals surface area contributed by atoms with Crippen LogP contribution in [0.5, 0.6) is 0 Å². The van der Waals surface area contributed by atoms with Crippen LogP contribution in [-0.4, -0.2) is 29.1 Å². The zero-order chi connectivity index (χ0) is 41.9. The van der Waals surface area contributed by atoms with E-state index in [9.17, 15) is 0 Å². The fourth-order valence-corrected chi connectivity index (χ4v) is 9.49. The van der Waals surface area contributed by atoms with Crippen LogP contribution in [-0.2, 0) is 0 Å². The third-order valence-electron chi connectivity index (χ3n) is 12.5. The van der Waals surface area contributed by atoms with Crippen LogP contribution in [0.4, 0.5) is 0 Å². The van der Waals surface area contributed by atoms with Gasteiger partial charge in [-0.25, -0.2) is 19.9 Å². The van der Waals surface area contributed by atoms with Gasteiger partial charge in [0.25, 0.3) is 0 Å². The summed E-state index contributed by atoms with van der Waals surface area (Å²) in [4.78, 5) is 21.1. The third kappa shape index (κ3) is 6.26. The van der Waals surface area contributed by atoms with Crippen LogP contribution in [0.1, 0.15) is 24.0 Å². The zero-order valence-electron chi connectivity index (χ0n) is 34.5. The van der Waals surface area contributed by atoms with E-state index in [1.54, 1.807) is 0 Å². The summed E-state index contributed by atoms with van der Waals surface area (Å²) in [5.41, 5.74) is 11.7.